The van der Waals surface area contributed by atoms with E-state index in [0.717, 1.165) is 17.7 Å². The van der Waals surface area contributed by atoms with Crippen LogP contribution in [0.3, 0.4) is 0 Å². The van der Waals surface area contributed by atoms with Crippen LogP contribution in [0.5, 0.6) is 0 Å². The second-order valence-electron chi connectivity index (χ2n) is 6.32. The van der Waals surface area contributed by atoms with Crippen molar-refractivity contribution in [2.75, 3.05) is 11.5 Å². The smallest absolute Gasteiger partial charge is 0.0659 e. The minimum atomic E-state index is 0.621. The highest BCUT2D eigenvalue weighted by Crippen LogP contribution is 2.17. The van der Waals surface area contributed by atoms with Crippen molar-refractivity contribution < 1.29 is 0 Å². The molecule has 0 aliphatic rings. The van der Waals surface area contributed by atoms with Gasteiger partial charge in [-0.2, -0.15) is 5.10 Å². The van der Waals surface area contributed by atoms with Crippen molar-refractivity contribution >= 4 is 23.5 Å². The second-order valence-corrected chi connectivity index (χ2v) is 6.32. The van der Waals surface area contributed by atoms with Crippen LogP contribution in [-0.2, 0) is 6.54 Å². The Morgan fingerprint density at radius 1 is 0.714 bits per heavy atom. The van der Waals surface area contributed by atoms with Crippen molar-refractivity contribution in [2.24, 2.45) is 0 Å². The Labute approximate surface area is 165 Å². The molecule has 28 heavy (non-hydrogen) atoms. The summed E-state index contributed by atoms with van der Waals surface area (Å²) in [6.07, 6.45) is 7.83. The van der Waals surface area contributed by atoms with Crippen LogP contribution in [0.15, 0.2) is 97.3 Å². The van der Waals surface area contributed by atoms with Crippen molar-refractivity contribution in [2.45, 2.75) is 6.54 Å². The van der Waals surface area contributed by atoms with Gasteiger partial charge in [0.25, 0.3) is 0 Å². The summed E-state index contributed by atoms with van der Waals surface area (Å²) < 4.78 is 1.91. The maximum Gasteiger partial charge on any atom is 0.0659 e. The van der Waals surface area contributed by atoms with Gasteiger partial charge in [-0.3, -0.25) is 4.68 Å². The number of nitrogen functional groups attached to an aromatic ring is 2. The number of hydrogen-bond donors (Lipinski definition) is 2. The zero-order chi connectivity index (χ0) is 19.6. The van der Waals surface area contributed by atoms with Crippen molar-refractivity contribution in [1.82, 2.24) is 9.78 Å². The van der Waals surface area contributed by atoms with E-state index in [9.17, 15) is 0 Å². The highest BCUT2D eigenvalue weighted by atomic mass is 15.3. The summed E-state index contributed by atoms with van der Waals surface area (Å²) in [6.45, 7) is 0.855. The SMILES string of the molecule is Nc1ccc(C=Cc2ccccc2)cc1N.c1ccc(Cn2cccn2)cc1. The molecule has 0 fully saturated rings. The average Bonchev–Trinajstić information content (AvgIpc) is 3.24. The van der Waals surface area contributed by atoms with Crippen LogP contribution in [0, 0.1) is 0 Å². The van der Waals surface area contributed by atoms with E-state index in [0.29, 0.717) is 11.4 Å². The van der Waals surface area contributed by atoms with E-state index < -0.39 is 0 Å². The maximum atomic E-state index is 5.73. The summed E-state index contributed by atoms with van der Waals surface area (Å²) in [6, 6.07) is 28.0. The topological polar surface area (TPSA) is 69.9 Å². The zero-order valence-corrected chi connectivity index (χ0v) is 15.6. The predicted molar refractivity (Wildman–Crippen MR) is 118 cm³/mol. The number of nitrogens with two attached hydrogens (primary N) is 2. The molecule has 0 atom stereocenters. The molecule has 4 heteroatoms. The van der Waals surface area contributed by atoms with Gasteiger partial charge in [0.1, 0.15) is 0 Å². The predicted octanol–water partition coefficient (Wildman–Crippen LogP) is 4.95. The van der Waals surface area contributed by atoms with Crippen LogP contribution >= 0.6 is 0 Å². The summed E-state index contributed by atoms with van der Waals surface area (Å²) in [5.74, 6) is 0. The van der Waals surface area contributed by atoms with Gasteiger partial charge in [-0.1, -0.05) is 78.9 Å². The summed E-state index contributed by atoms with van der Waals surface area (Å²) in [7, 11) is 0. The molecule has 4 rings (SSSR count). The first-order chi connectivity index (χ1) is 13.7. The van der Waals surface area contributed by atoms with Crippen molar-refractivity contribution in [3.05, 3.63) is 114 Å². The van der Waals surface area contributed by atoms with Crippen LogP contribution in [0.4, 0.5) is 11.4 Å². The molecular weight excluding hydrogens is 344 g/mol. The van der Waals surface area contributed by atoms with Gasteiger partial charge in [0.2, 0.25) is 0 Å². The molecule has 0 spiro atoms. The lowest BCUT2D eigenvalue weighted by molar-refractivity contribution is 0.687. The lowest BCUT2D eigenvalue weighted by Crippen LogP contribution is -1.98. The quantitative estimate of drug-likeness (QED) is 0.395. The number of aromatic nitrogens is 2. The molecule has 0 bridgehead atoms. The van der Waals surface area contributed by atoms with Gasteiger partial charge in [0, 0.05) is 12.4 Å². The highest BCUT2D eigenvalue weighted by Gasteiger charge is 1.94. The third-order valence-corrected chi connectivity index (χ3v) is 4.13. The minimum Gasteiger partial charge on any atom is -0.397 e. The Balaban J connectivity index is 0.000000167. The Hall–Kier alpha value is -3.79. The lowest BCUT2D eigenvalue weighted by atomic mass is 10.1. The number of benzene rings is 3. The fourth-order valence-electron chi connectivity index (χ4n) is 2.62. The molecule has 4 nitrogen and oxygen atoms in total. The number of hydrogen-bond acceptors (Lipinski definition) is 3. The standard InChI is InChI=1S/C14H14N2.C10H10N2/c15-13-9-8-12(10-14(13)16)7-6-11-4-2-1-3-5-11;1-2-5-10(6-3-1)9-12-8-4-7-11-12/h1-10H,15-16H2;1-8H,9H2. The molecule has 1 aromatic heterocycles. The van der Waals surface area contributed by atoms with Crippen LogP contribution in [0.25, 0.3) is 12.2 Å². The van der Waals surface area contributed by atoms with Gasteiger partial charge in [-0.05, 0) is 34.9 Å². The van der Waals surface area contributed by atoms with E-state index in [4.69, 9.17) is 11.5 Å². The van der Waals surface area contributed by atoms with Gasteiger partial charge in [0.05, 0.1) is 17.9 Å². The van der Waals surface area contributed by atoms with Crippen molar-refractivity contribution in [1.29, 1.82) is 0 Å². The minimum absolute atomic E-state index is 0.621. The van der Waals surface area contributed by atoms with Gasteiger partial charge in [-0.25, -0.2) is 0 Å². The highest BCUT2D eigenvalue weighted by molar-refractivity contribution is 5.74. The average molecular weight is 368 g/mol. The molecule has 0 saturated heterocycles. The van der Waals surface area contributed by atoms with Gasteiger partial charge < -0.3 is 11.5 Å². The molecule has 4 aromatic rings. The summed E-state index contributed by atoms with van der Waals surface area (Å²) >= 11 is 0. The Morgan fingerprint density at radius 2 is 1.39 bits per heavy atom. The fraction of sp³-hybridized carbons (Fsp3) is 0.0417. The first-order valence-corrected chi connectivity index (χ1v) is 9.10. The third-order valence-electron chi connectivity index (χ3n) is 4.13. The van der Waals surface area contributed by atoms with Crippen molar-refractivity contribution in [3.8, 4) is 0 Å². The van der Waals surface area contributed by atoms with E-state index in [-0.39, 0.29) is 0 Å². The van der Waals surface area contributed by atoms with Crippen molar-refractivity contribution in [3.63, 3.8) is 0 Å². The van der Waals surface area contributed by atoms with Gasteiger partial charge in [0.15, 0.2) is 0 Å². The van der Waals surface area contributed by atoms with Crippen LogP contribution < -0.4 is 11.5 Å². The number of rotatable bonds is 4. The molecule has 0 saturated carbocycles. The lowest BCUT2D eigenvalue weighted by Gasteiger charge is -2.00. The van der Waals surface area contributed by atoms with Crippen LogP contribution in [0.2, 0.25) is 0 Å². The third kappa shape index (κ3) is 5.88. The molecule has 0 unspecified atom stereocenters. The molecule has 0 radical (unpaired) electrons. The first-order valence-electron chi connectivity index (χ1n) is 9.10. The van der Waals surface area contributed by atoms with Gasteiger partial charge in [-0.15, -0.1) is 0 Å². The fourth-order valence-corrected chi connectivity index (χ4v) is 2.62. The van der Waals surface area contributed by atoms with Crippen LogP contribution in [-0.4, -0.2) is 9.78 Å². The molecule has 140 valence electrons. The zero-order valence-electron chi connectivity index (χ0n) is 15.6. The molecule has 1 heterocycles. The first kappa shape index (κ1) is 19.0. The van der Waals surface area contributed by atoms with Gasteiger partial charge >= 0.3 is 0 Å². The van der Waals surface area contributed by atoms with E-state index in [1.54, 1.807) is 6.20 Å². The van der Waals surface area contributed by atoms with E-state index in [2.05, 4.69) is 29.4 Å². The largest absolute Gasteiger partial charge is 0.397 e. The van der Waals surface area contributed by atoms with E-state index in [1.807, 2.05) is 83.7 Å². The number of anilines is 2. The van der Waals surface area contributed by atoms with E-state index >= 15 is 0 Å². The monoisotopic (exact) mass is 368 g/mol. The normalized spacial score (nSPS) is 10.4. The Bertz CT molecular complexity index is 991. The summed E-state index contributed by atoms with van der Waals surface area (Å²) in [4.78, 5) is 0. The molecule has 0 aliphatic heterocycles. The van der Waals surface area contributed by atoms with E-state index in [1.165, 1.54) is 5.56 Å². The summed E-state index contributed by atoms with van der Waals surface area (Å²) in [5, 5.41) is 4.13. The molecule has 0 amide bonds. The number of nitrogens with zero attached hydrogens (tertiary/aromatic N) is 2. The molecule has 3 aromatic carbocycles. The second kappa shape index (κ2) is 9.78. The summed E-state index contributed by atoms with van der Waals surface area (Å²) in [5.41, 5.74) is 16.1. The molecule has 4 N–H and O–H groups in total. The van der Waals surface area contributed by atoms with Crippen LogP contribution in [0.1, 0.15) is 16.7 Å². The Morgan fingerprint density at radius 3 is 2.04 bits per heavy atom. The maximum absolute atomic E-state index is 5.73. The molecule has 0 aliphatic carbocycles. The molecular formula is C24H24N4. The Kier molecular flexibility index (Phi) is 6.63.